The molecule has 0 bridgehead atoms. The van der Waals surface area contributed by atoms with E-state index >= 15 is 0 Å². The highest BCUT2D eigenvalue weighted by atomic mass is 79.9. The van der Waals surface area contributed by atoms with Crippen LogP contribution < -0.4 is 11.1 Å². The van der Waals surface area contributed by atoms with Crippen LogP contribution in [-0.4, -0.2) is 30.3 Å². The van der Waals surface area contributed by atoms with Gasteiger partial charge in [0.2, 0.25) is 5.91 Å². The lowest BCUT2D eigenvalue weighted by molar-refractivity contribution is -0.118. The summed E-state index contributed by atoms with van der Waals surface area (Å²) in [6.45, 7) is 6.01. The summed E-state index contributed by atoms with van der Waals surface area (Å²) in [5, 5.41) is 2.72. The van der Waals surface area contributed by atoms with E-state index in [0.717, 1.165) is 10.0 Å². The molecule has 24 heavy (non-hydrogen) atoms. The van der Waals surface area contributed by atoms with Gasteiger partial charge in [0, 0.05) is 10.9 Å². The average molecular weight is 401 g/mol. The maximum absolute atomic E-state index is 11.9. The Balaban J connectivity index is 2.53. The van der Waals surface area contributed by atoms with Crippen molar-refractivity contribution in [3.05, 3.63) is 34.3 Å². The van der Waals surface area contributed by atoms with Crippen LogP contribution in [0.25, 0.3) is 0 Å². The lowest BCUT2D eigenvalue weighted by Crippen LogP contribution is -2.42. The van der Waals surface area contributed by atoms with E-state index < -0.39 is 17.6 Å². The maximum Gasteiger partial charge on any atom is 0.407 e. The summed E-state index contributed by atoms with van der Waals surface area (Å²) in [5.74, 6) is -0.420. The van der Waals surface area contributed by atoms with Crippen LogP contribution >= 0.6 is 15.9 Å². The third-order valence-electron chi connectivity index (χ3n) is 2.99. The third-order valence-corrected chi connectivity index (χ3v) is 3.77. The lowest BCUT2D eigenvalue weighted by atomic mass is 10.1. The molecule has 2 amide bonds. The number of halogens is 1. The highest BCUT2D eigenvalue weighted by Crippen LogP contribution is 2.17. The number of benzene rings is 1. The fourth-order valence-corrected chi connectivity index (χ4v) is 2.31. The Hall–Kier alpha value is -1.60. The van der Waals surface area contributed by atoms with E-state index in [0.29, 0.717) is 13.0 Å². The van der Waals surface area contributed by atoms with E-state index in [1.165, 1.54) is 0 Å². The second-order valence-corrected chi connectivity index (χ2v) is 7.31. The number of hydrogen-bond donors (Lipinski definition) is 2. The second kappa shape index (κ2) is 9.64. The molecule has 134 valence electrons. The molecule has 1 atom stereocenters. The molecule has 0 aliphatic carbocycles. The summed E-state index contributed by atoms with van der Waals surface area (Å²) in [7, 11) is 0. The van der Waals surface area contributed by atoms with E-state index in [2.05, 4.69) is 21.2 Å². The molecule has 3 N–H and O–H groups in total. The monoisotopic (exact) mass is 400 g/mol. The number of primary amides is 1. The molecule has 0 heterocycles. The normalized spacial score (nSPS) is 12.5. The molecule has 0 radical (unpaired) electrons. The minimum Gasteiger partial charge on any atom is -0.444 e. The van der Waals surface area contributed by atoms with E-state index in [9.17, 15) is 9.59 Å². The van der Waals surface area contributed by atoms with Gasteiger partial charge in [0.25, 0.3) is 0 Å². The Morgan fingerprint density at radius 2 is 1.96 bits per heavy atom. The van der Waals surface area contributed by atoms with Gasteiger partial charge in [-0.3, -0.25) is 4.79 Å². The number of nitrogens with one attached hydrogen (secondary N) is 1. The Kier molecular flexibility index (Phi) is 8.21. The van der Waals surface area contributed by atoms with Crippen LogP contribution in [0.4, 0.5) is 4.79 Å². The smallest absolute Gasteiger partial charge is 0.407 e. The number of rotatable bonds is 8. The first-order valence-corrected chi connectivity index (χ1v) is 8.55. The van der Waals surface area contributed by atoms with E-state index in [1.807, 2.05) is 24.3 Å². The number of amides is 2. The van der Waals surface area contributed by atoms with Gasteiger partial charge in [0.05, 0.1) is 19.3 Å². The number of alkyl carbamates (subject to hydrolysis) is 1. The quantitative estimate of drug-likeness (QED) is 0.700. The number of nitrogens with two attached hydrogens (primary N) is 1. The van der Waals surface area contributed by atoms with Crippen LogP contribution in [0.2, 0.25) is 0 Å². The summed E-state index contributed by atoms with van der Waals surface area (Å²) < 4.78 is 11.9. The van der Waals surface area contributed by atoms with Gasteiger partial charge in [-0.05, 0) is 38.8 Å². The minimum absolute atomic E-state index is 0.166. The molecular weight excluding hydrogens is 376 g/mol. The van der Waals surface area contributed by atoms with E-state index in [4.69, 9.17) is 15.2 Å². The molecule has 1 rings (SSSR count). The first-order valence-electron chi connectivity index (χ1n) is 7.76. The van der Waals surface area contributed by atoms with Crippen molar-refractivity contribution in [2.24, 2.45) is 5.73 Å². The lowest BCUT2D eigenvalue weighted by Gasteiger charge is -2.23. The van der Waals surface area contributed by atoms with Gasteiger partial charge in [0.1, 0.15) is 5.60 Å². The zero-order valence-corrected chi connectivity index (χ0v) is 15.9. The molecule has 7 heteroatoms. The fourth-order valence-electron chi connectivity index (χ4n) is 1.91. The van der Waals surface area contributed by atoms with Gasteiger partial charge in [-0.25, -0.2) is 4.79 Å². The number of ether oxygens (including phenoxy) is 2. The number of carbonyl (C=O) groups excluding carboxylic acids is 2. The van der Waals surface area contributed by atoms with Crippen molar-refractivity contribution in [1.82, 2.24) is 5.32 Å². The second-order valence-electron chi connectivity index (χ2n) is 6.45. The van der Waals surface area contributed by atoms with Gasteiger partial charge >= 0.3 is 6.09 Å². The van der Waals surface area contributed by atoms with Crippen LogP contribution in [-0.2, 0) is 20.9 Å². The molecule has 1 aromatic rings. The third kappa shape index (κ3) is 8.88. The van der Waals surface area contributed by atoms with Crippen LogP contribution in [0.1, 0.15) is 39.2 Å². The standard InChI is InChI=1S/C17H25BrN2O4/c1-17(2,3)24-16(22)20-13(8-9-15(19)21)11-23-10-12-6-4-5-7-14(12)18/h4-7,13H,8-11H2,1-3H3,(H2,19,21)(H,20,22). The van der Waals surface area contributed by atoms with E-state index in [1.54, 1.807) is 20.8 Å². The Bertz CT molecular complexity index is 558. The largest absolute Gasteiger partial charge is 0.444 e. The Morgan fingerprint density at radius 1 is 1.29 bits per heavy atom. The molecule has 1 unspecified atom stereocenters. The molecular formula is C17H25BrN2O4. The summed E-state index contributed by atoms with van der Waals surface area (Å²) in [4.78, 5) is 22.9. The molecule has 0 aliphatic heterocycles. The Labute approximate surface area is 151 Å². The average Bonchev–Trinajstić information content (AvgIpc) is 2.44. The van der Waals surface area contributed by atoms with Crippen molar-refractivity contribution < 1.29 is 19.1 Å². The van der Waals surface area contributed by atoms with Gasteiger partial charge in [-0.2, -0.15) is 0 Å². The SMILES string of the molecule is CC(C)(C)OC(=O)NC(CCC(N)=O)COCc1ccccc1Br. The van der Waals surface area contributed by atoms with Crippen LogP contribution in [0.3, 0.4) is 0 Å². The van der Waals surface area contributed by atoms with Gasteiger partial charge in [-0.1, -0.05) is 34.1 Å². The minimum atomic E-state index is -0.589. The highest BCUT2D eigenvalue weighted by molar-refractivity contribution is 9.10. The molecule has 0 fully saturated rings. The van der Waals surface area contributed by atoms with Gasteiger partial charge in [0.15, 0.2) is 0 Å². The van der Waals surface area contributed by atoms with E-state index in [-0.39, 0.29) is 19.1 Å². The van der Waals surface area contributed by atoms with Gasteiger partial charge in [-0.15, -0.1) is 0 Å². The van der Waals surface area contributed by atoms with Crippen molar-refractivity contribution >= 4 is 27.9 Å². The topological polar surface area (TPSA) is 90.6 Å². The van der Waals surface area contributed by atoms with Crippen molar-refractivity contribution in [2.45, 2.75) is 51.9 Å². The summed E-state index contributed by atoms with van der Waals surface area (Å²) in [6.07, 6.45) is 0.0186. The molecule has 1 aromatic carbocycles. The molecule has 0 aromatic heterocycles. The molecule has 0 saturated carbocycles. The van der Waals surface area contributed by atoms with Crippen molar-refractivity contribution in [3.8, 4) is 0 Å². The first-order chi connectivity index (χ1) is 11.2. The zero-order chi connectivity index (χ0) is 18.2. The van der Waals surface area contributed by atoms with Crippen molar-refractivity contribution in [2.75, 3.05) is 6.61 Å². The van der Waals surface area contributed by atoms with Crippen LogP contribution in [0, 0.1) is 0 Å². The van der Waals surface area contributed by atoms with Crippen molar-refractivity contribution in [1.29, 1.82) is 0 Å². The fraction of sp³-hybridized carbons (Fsp3) is 0.529. The zero-order valence-electron chi connectivity index (χ0n) is 14.3. The maximum atomic E-state index is 11.9. The summed E-state index contributed by atoms with van der Waals surface area (Å²) in [5.41, 5.74) is 5.60. The molecule has 6 nitrogen and oxygen atoms in total. The molecule has 0 aliphatic rings. The van der Waals surface area contributed by atoms with Crippen LogP contribution in [0.5, 0.6) is 0 Å². The van der Waals surface area contributed by atoms with Gasteiger partial charge < -0.3 is 20.5 Å². The Morgan fingerprint density at radius 3 is 2.54 bits per heavy atom. The van der Waals surface area contributed by atoms with Crippen molar-refractivity contribution in [3.63, 3.8) is 0 Å². The predicted octanol–water partition coefficient (Wildman–Crippen LogP) is 3.12. The molecule has 0 saturated heterocycles. The summed E-state index contributed by atoms with van der Waals surface area (Å²) in [6, 6.07) is 7.38. The predicted molar refractivity (Wildman–Crippen MR) is 95.4 cm³/mol. The number of hydrogen-bond acceptors (Lipinski definition) is 4. The number of carbonyl (C=O) groups is 2. The first kappa shape index (κ1) is 20.4. The summed E-state index contributed by atoms with van der Waals surface area (Å²) >= 11 is 3.46. The highest BCUT2D eigenvalue weighted by Gasteiger charge is 2.20. The van der Waals surface area contributed by atoms with Crippen LogP contribution in [0.15, 0.2) is 28.7 Å². The molecule has 0 spiro atoms.